The summed E-state index contributed by atoms with van der Waals surface area (Å²) in [6, 6.07) is 6.57. The third-order valence-electron chi connectivity index (χ3n) is 3.46. The van der Waals surface area contributed by atoms with Crippen LogP contribution < -0.4 is 14.4 Å². The van der Waals surface area contributed by atoms with Crippen LogP contribution >= 0.6 is 0 Å². The van der Waals surface area contributed by atoms with Gasteiger partial charge in [0, 0.05) is 13.6 Å². The zero-order chi connectivity index (χ0) is 18.3. The van der Waals surface area contributed by atoms with Crippen LogP contribution in [-0.2, 0) is 14.8 Å². The average molecular weight is 357 g/mol. The van der Waals surface area contributed by atoms with Gasteiger partial charge < -0.3 is 15.0 Å². The van der Waals surface area contributed by atoms with Crippen LogP contribution in [0.5, 0.6) is 5.75 Å². The van der Waals surface area contributed by atoms with Gasteiger partial charge in [-0.2, -0.15) is 0 Å². The lowest BCUT2D eigenvalue weighted by molar-refractivity contribution is -0.127. The van der Waals surface area contributed by atoms with Crippen molar-refractivity contribution < 1.29 is 17.9 Å². The second kappa shape index (κ2) is 8.89. The lowest BCUT2D eigenvalue weighted by atomic mass is 10.3. The number of rotatable bonds is 9. The highest BCUT2D eigenvalue weighted by atomic mass is 32.2. The van der Waals surface area contributed by atoms with Crippen LogP contribution in [0.4, 0.5) is 5.69 Å². The number of hydrogen-bond donors (Lipinski definition) is 1. The summed E-state index contributed by atoms with van der Waals surface area (Å²) in [5.41, 5.74) is 0.533. The van der Waals surface area contributed by atoms with Crippen molar-refractivity contribution in [3.05, 3.63) is 24.3 Å². The van der Waals surface area contributed by atoms with Gasteiger partial charge in [0.05, 0.1) is 11.9 Å². The second-order valence-electron chi connectivity index (χ2n) is 5.93. The Morgan fingerprint density at radius 3 is 2.29 bits per heavy atom. The molecule has 0 aliphatic rings. The van der Waals surface area contributed by atoms with Crippen molar-refractivity contribution in [3.63, 3.8) is 0 Å². The third kappa shape index (κ3) is 6.76. The molecule has 0 aromatic heterocycles. The molecule has 1 amide bonds. The summed E-state index contributed by atoms with van der Waals surface area (Å²) in [7, 11) is 2.15. The molecule has 1 N–H and O–H groups in total. The van der Waals surface area contributed by atoms with Gasteiger partial charge in [-0.1, -0.05) is 0 Å². The first kappa shape index (κ1) is 20.2. The van der Waals surface area contributed by atoms with E-state index in [1.54, 1.807) is 31.2 Å². The fourth-order valence-corrected chi connectivity index (χ4v) is 2.44. The van der Waals surface area contributed by atoms with Crippen molar-refractivity contribution in [1.82, 2.24) is 10.2 Å². The number of ether oxygens (including phenoxy) is 1. The summed E-state index contributed by atoms with van der Waals surface area (Å²) >= 11 is 0. The summed E-state index contributed by atoms with van der Waals surface area (Å²) < 4.78 is 29.7. The van der Waals surface area contributed by atoms with Gasteiger partial charge in [0.1, 0.15) is 5.75 Å². The van der Waals surface area contributed by atoms with E-state index in [9.17, 15) is 13.2 Å². The van der Waals surface area contributed by atoms with Gasteiger partial charge in [-0.05, 0) is 58.3 Å². The molecule has 1 aromatic carbocycles. The van der Waals surface area contributed by atoms with Crippen LogP contribution in [0.3, 0.4) is 0 Å². The Bertz CT molecular complexity index is 629. The number of amides is 1. The molecule has 1 rings (SSSR count). The van der Waals surface area contributed by atoms with Crippen LogP contribution in [-0.4, -0.2) is 65.8 Å². The Kier molecular flexibility index (Phi) is 7.50. The van der Waals surface area contributed by atoms with Gasteiger partial charge in [-0.3, -0.25) is 9.10 Å². The molecule has 1 aromatic rings. The van der Waals surface area contributed by atoms with E-state index in [2.05, 4.69) is 10.2 Å². The van der Waals surface area contributed by atoms with Crippen LogP contribution in [0.2, 0.25) is 0 Å². The standard InChI is InChI=1S/C16H27N3O4S/c1-13(16(20)17-11-6-12-18(2)3)23-15-9-7-14(8-10-15)19(4)24(5,21)22/h7-10,13H,6,11-12H2,1-5H3,(H,17,20). The Morgan fingerprint density at radius 2 is 1.79 bits per heavy atom. The first-order valence-corrected chi connectivity index (χ1v) is 9.59. The number of anilines is 1. The molecule has 0 aliphatic carbocycles. The van der Waals surface area contributed by atoms with Gasteiger partial charge >= 0.3 is 0 Å². The Morgan fingerprint density at radius 1 is 1.21 bits per heavy atom. The minimum absolute atomic E-state index is 0.175. The summed E-state index contributed by atoms with van der Waals surface area (Å²) in [4.78, 5) is 14.0. The monoisotopic (exact) mass is 357 g/mol. The largest absolute Gasteiger partial charge is 0.481 e. The van der Waals surface area contributed by atoms with E-state index >= 15 is 0 Å². The van der Waals surface area contributed by atoms with Crippen LogP contribution in [0.15, 0.2) is 24.3 Å². The first-order valence-electron chi connectivity index (χ1n) is 7.74. The molecule has 0 heterocycles. The number of carbonyl (C=O) groups excluding carboxylic acids is 1. The number of hydrogen-bond acceptors (Lipinski definition) is 5. The van der Waals surface area contributed by atoms with Gasteiger partial charge in [0.15, 0.2) is 6.10 Å². The molecule has 0 radical (unpaired) electrons. The molecule has 1 unspecified atom stereocenters. The summed E-state index contributed by atoms with van der Waals surface area (Å²) in [6.45, 7) is 3.19. The van der Waals surface area contributed by atoms with Crippen molar-refractivity contribution in [2.75, 3.05) is 44.8 Å². The molecule has 0 aliphatic heterocycles. The quantitative estimate of drug-likeness (QED) is 0.665. The molecule has 24 heavy (non-hydrogen) atoms. The molecule has 0 fully saturated rings. The predicted molar refractivity (Wildman–Crippen MR) is 96.0 cm³/mol. The highest BCUT2D eigenvalue weighted by molar-refractivity contribution is 7.92. The minimum atomic E-state index is -3.30. The molecule has 0 spiro atoms. The van der Waals surface area contributed by atoms with E-state index in [4.69, 9.17) is 4.74 Å². The van der Waals surface area contributed by atoms with Crippen LogP contribution in [0.1, 0.15) is 13.3 Å². The SMILES string of the molecule is CC(Oc1ccc(N(C)S(C)(=O)=O)cc1)C(=O)NCCCN(C)C. The third-order valence-corrected chi connectivity index (χ3v) is 4.67. The minimum Gasteiger partial charge on any atom is -0.481 e. The number of benzene rings is 1. The van der Waals surface area contributed by atoms with E-state index in [-0.39, 0.29) is 5.91 Å². The maximum Gasteiger partial charge on any atom is 0.260 e. The van der Waals surface area contributed by atoms with Gasteiger partial charge in [0.25, 0.3) is 5.91 Å². The van der Waals surface area contributed by atoms with E-state index < -0.39 is 16.1 Å². The first-order chi connectivity index (χ1) is 11.1. The topological polar surface area (TPSA) is 78.9 Å². The van der Waals surface area contributed by atoms with Gasteiger partial charge in [0.2, 0.25) is 10.0 Å². The fraction of sp³-hybridized carbons (Fsp3) is 0.562. The molecular weight excluding hydrogens is 330 g/mol. The molecule has 0 saturated heterocycles. The van der Waals surface area contributed by atoms with Gasteiger partial charge in [-0.15, -0.1) is 0 Å². The van der Waals surface area contributed by atoms with Gasteiger partial charge in [-0.25, -0.2) is 8.42 Å². The molecule has 8 heteroatoms. The maximum atomic E-state index is 12.0. The predicted octanol–water partition coefficient (Wildman–Crippen LogP) is 0.918. The van der Waals surface area contributed by atoms with E-state index in [1.807, 2.05) is 14.1 Å². The zero-order valence-corrected chi connectivity index (χ0v) is 15.8. The van der Waals surface area contributed by atoms with Crippen LogP contribution in [0, 0.1) is 0 Å². The van der Waals surface area contributed by atoms with E-state index in [0.717, 1.165) is 19.2 Å². The van der Waals surface area contributed by atoms with Crippen molar-refractivity contribution in [3.8, 4) is 5.75 Å². The molecule has 136 valence electrons. The molecule has 0 saturated carbocycles. The highest BCUT2D eigenvalue weighted by Gasteiger charge is 2.15. The lowest BCUT2D eigenvalue weighted by Crippen LogP contribution is -2.37. The van der Waals surface area contributed by atoms with E-state index in [0.29, 0.717) is 18.0 Å². The van der Waals surface area contributed by atoms with E-state index in [1.165, 1.54) is 11.4 Å². The Hall–Kier alpha value is -1.80. The average Bonchev–Trinajstić information content (AvgIpc) is 2.50. The summed E-state index contributed by atoms with van der Waals surface area (Å²) in [6.07, 6.45) is 1.39. The van der Waals surface area contributed by atoms with Crippen molar-refractivity contribution in [2.24, 2.45) is 0 Å². The Labute approximate surface area is 144 Å². The highest BCUT2D eigenvalue weighted by Crippen LogP contribution is 2.20. The number of sulfonamides is 1. The fourth-order valence-electron chi connectivity index (χ4n) is 1.93. The number of nitrogens with zero attached hydrogens (tertiary/aromatic N) is 2. The smallest absolute Gasteiger partial charge is 0.260 e. The molecule has 7 nitrogen and oxygen atoms in total. The summed E-state index contributed by atoms with van der Waals surface area (Å²) in [5, 5.41) is 2.83. The van der Waals surface area contributed by atoms with Crippen molar-refractivity contribution >= 4 is 21.6 Å². The second-order valence-corrected chi connectivity index (χ2v) is 7.95. The number of carbonyl (C=O) groups is 1. The maximum absolute atomic E-state index is 12.0. The van der Waals surface area contributed by atoms with Crippen molar-refractivity contribution in [2.45, 2.75) is 19.4 Å². The lowest BCUT2D eigenvalue weighted by Gasteiger charge is -2.18. The molecular formula is C16H27N3O4S. The Balaban J connectivity index is 2.52. The van der Waals surface area contributed by atoms with Crippen LogP contribution in [0.25, 0.3) is 0 Å². The zero-order valence-electron chi connectivity index (χ0n) is 14.9. The molecule has 0 bridgehead atoms. The number of nitrogens with one attached hydrogen (secondary N) is 1. The van der Waals surface area contributed by atoms with Crippen molar-refractivity contribution in [1.29, 1.82) is 0 Å². The summed E-state index contributed by atoms with van der Waals surface area (Å²) in [5.74, 6) is 0.336. The normalized spacial score (nSPS) is 12.8. The molecule has 1 atom stereocenters.